The molecule has 2 atom stereocenters. The molecule has 2 heterocycles. The molecule has 2 aliphatic rings. The van der Waals surface area contributed by atoms with Crippen molar-refractivity contribution in [2.45, 2.75) is 51.3 Å². The number of benzene rings is 1. The fraction of sp³-hybridized carbons (Fsp3) is 0.611. The van der Waals surface area contributed by atoms with Gasteiger partial charge in [0.2, 0.25) is 0 Å². The van der Waals surface area contributed by atoms with E-state index >= 15 is 0 Å². The minimum atomic E-state index is -4.97. The molecule has 0 spiro atoms. The fourth-order valence-corrected chi connectivity index (χ4v) is 4.66. The summed E-state index contributed by atoms with van der Waals surface area (Å²) in [6, 6.07) is 7.31. The molecule has 1 N–H and O–H groups in total. The molecule has 0 bridgehead atoms. The molecular weight excluding hydrogens is 408 g/mol. The largest absolute Gasteiger partial charge is 0.494 e. The molecule has 2 aliphatic heterocycles. The summed E-state index contributed by atoms with van der Waals surface area (Å²) in [7, 11) is -1.65. The van der Waals surface area contributed by atoms with Crippen LogP contribution >= 0.6 is 0 Å². The zero-order valence-corrected chi connectivity index (χ0v) is 17.5. The number of anilines is 1. The quantitative estimate of drug-likeness (QED) is 0.725. The molecule has 160 valence electrons. The minimum absolute atomic E-state index is 0.0131. The molecule has 29 heavy (non-hydrogen) atoms. The topological polar surface area (TPSA) is 71.4 Å². The van der Waals surface area contributed by atoms with Gasteiger partial charge in [0.05, 0.1) is 11.2 Å². The van der Waals surface area contributed by atoms with Crippen LogP contribution in [0.2, 0.25) is 0 Å². The number of hydrogen-bond acceptors (Lipinski definition) is 5. The number of nitrogens with zero attached hydrogens (tertiary/aromatic N) is 2. The predicted molar refractivity (Wildman–Crippen MR) is 106 cm³/mol. The van der Waals surface area contributed by atoms with E-state index < -0.39 is 47.3 Å². The average Bonchev–Trinajstić information content (AvgIpc) is 2.82. The Morgan fingerprint density at radius 1 is 1.21 bits per heavy atom. The summed E-state index contributed by atoms with van der Waals surface area (Å²) in [4.78, 5) is 12.7. The van der Waals surface area contributed by atoms with E-state index in [1.165, 1.54) is 0 Å². The Kier molecular flexibility index (Phi) is 5.90. The molecule has 0 radical (unpaired) electrons. The summed E-state index contributed by atoms with van der Waals surface area (Å²) >= 11 is 0. The Labute approximate surface area is 170 Å². The van der Waals surface area contributed by atoms with Crippen molar-refractivity contribution < 1.29 is 32.4 Å². The second-order valence-corrected chi connectivity index (χ2v) is 9.93. The standard InChI is InChI=1S/C18H24BF3N2O4S/c1-16(2)17(3,4)28-19(27-16)12-5-7-13(8-6-12)24-9-10-29(11-14(24)25)23-15(26)18(20,21)22/h5-8,14,25H,9-11H2,1-4H3. The number of amides is 1. The van der Waals surface area contributed by atoms with Gasteiger partial charge in [-0.15, -0.1) is 0 Å². The zero-order valence-electron chi connectivity index (χ0n) is 16.7. The first kappa shape index (κ1) is 22.3. The molecule has 2 unspecified atom stereocenters. The Bertz CT molecular complexity index is 798. The van der Waals surface area contributed by atoms with Crippen LogP contribution in [-0.4, -0.2) is 59.8 Å². The van der Waals surface area contributed by atoms with Gasteiger partial charge in [0.25, 0.3) is 0 Å². The number of carbonyl (C=O) groups excluding carboxylic acids is 1. The van der Waals surface area contributed by atoms with Crippen molar-refractivity contribution in [2.75, 3.05) is 23.0 Å². The van der Waals surface area contributed by atoms with E-state index in [-0.39, 0.29) is 11.5 Å². The highest BCUT2D eigenvalue weighted by molar-refractivity contribution is 7.87. The number of halogens is 3. The summed E-state index contributed by atoms with van der Waals surface area (Å²) < 4.78 is 52.4. The summed E-state index contributed by atoms with van der Waals surface area (Å²) in [5.74, 6) is -1.83. The Morgan fingerprint density at radius 3 is 2.24 bits per heavy atom. The van der Waals surface area contributed by atoms with Gasteiger partial charge < -0.3 is 19.3 Å². The van der Waals surface area contributed by atoms with Crippen molar-refractivity contribution in [1.82, 2.24) is 0 Å². The molecule has 1 aromatic rings. The third-order valence-electron chi connectivity index (χ3n) is 5.47. The van der Waals surface area contributed by atoms with E-state index in [0.29, 0.717) is 6.54 Å². The molecule has 0 aromatic heterocycles. The van der Waals surface area contributed by atoms with Crippen LogP contribution in [-0.2, 0) is 24.8 Å². The van der Waals surface area contributed by atoms with Crippen LogP contribution in [0.3, 0.4) is 0 Å². The molecule has 2 fully saturated rings. The summed E-state index contributed by atoms with van der Waals surface area (Å²) in [5.41, 5.74) is 0.659. The SMILES string of the molecule is CC1(C)OB(c2ccc(N3CCS(=NC(=O)C(F)(F)F)CC3O)cc2)OC1(C)C. The van der Waals surface area contributed by atoms with Crippen LogP contribution in [0.15, 0.2) is 28.6 Å². The average molecular weight is 432 g/mol. The Morgan fingerprint density at radius 2 is 1.76 bits per heavy atom. The van der Waals surface area contributed by atoms with Gasteiger partial charge in [0.1, 0.15) is 6.23 Å². The second-order valence-electron chi connectivity index (χ2n) is 8.08. The predicted octanol–water partition coefficient (Wildman–Crippen LogP) is 2.01. The zero-order chi connectivity index (χ0) is 21.6. The first-order valence-corrected chi connectivity index (χ1v) is 10.7. The first-order chi connectivity index (χ1) is 13.3. The lowest BCUT2D eigenvalue weighted by Gasteiger charge is -2.35. The maximum absolute atomic E-state index is 12.4. The van der Waals surface area contributed by atoms with Gasteiger partial charge in [-0.3, -0.25) is 4.79 Å². The molecule has 0 saturated carbocycles. The number of aliphatic hydroxyl groups is 1. The monoisotopic (exact) mass is 432 g/mol. The van der Waals surface area contributed by atoms with Crippen molar-refractivity contribution in [3.05, 3.63) is 24.3 Å². The van der Waals surface area contributed by atoms with Crippen molar-refractivity contribution in [1.29, 1.82) is 0 Å². The number of carbonyl (C=O) groups is 1. The normalized spacial score (nSPS) is 26.8. The maximum atomic E-state index is 12.4. The molecule has 6 nitrogen and oxygen atoms in total. The van der Waals surface area contributed by atoms with Crippen molar-refractivity contribution in [3.63, 3.8) is 0 Å². The molecule has 3 rings (SSSR count). The number of aliphatic hydroxyl groups excluding tert-OH is 1. The third-order valence-corrected chi connectivity index (χ3v) is 7.23. The van der Waals surface area contributed by atoms with E-state index in [1.54, 1.807) is 4.90 Å². The van der Waals surface area contributed by atoms with Gasteiger partial charge in [0, 0.05) is 23.7 Å². The van der Waals surface area contributed by atoms with Gasteiger partial charge in [0.15, 0.2) is 0 Å². The van der Waals surface area contributed by atoms with Crippen LogP contribution in [0.1, 0.15) is 27.7 Å². The molecule has 1 aromatic carbocycles. The molecule has 0 aliphatic carbocycles. The van der Waals surface area contributed by atoms with E-state index in [1.807, 2.05) is 52.0 Å². The Hall–Kier alpha value is -1.43. The van der Waals surface area contributed by atoms with Gasteiger partial charge >= 0.3 is 19.2 Å². The van der Waals surface area contributed by atoms with Crippen molar-refractivity contribution in [2.24, 2.45) is 4.36 Å². The van der Waals surface area contributed by atoms with Crippen LogP contribution in [0.5, 0.6) is 0 Å². The van der Waals surface area contributed by atoms with E-state index in [0.717, 1.165) is 11.2 Å². The van der Waals surface area contributed by atoms with E-state index in [4.69, 9.17) is 9.31 Å². The highest BCUT2D eigenvalue weighted by Crippen LogP contribution is 2.36. The molecular formula is C18H24BF3N2O4S. The minimum Gasteiger partial charge on any atom is -0.399 e. The lowest BCUT2D eigenvalue weighted by Crippen LogP contribution is -2.47. The smallest absolute Gasteiger partial charge is 0.399 e. The van der Waals surface area contributed by atoms with Gasteiger partial charge in [-0.2, -0.15) is 17.5 Å². The number of rotatable bonds is 2. The summed E-state index contributed by atoms with van der Waals surface area (Å²) in [6.07, 6.45) is -5.99. The lowest BCUT2D eigenvalue weighted by molar-refractivity contribution is -0.169. The van der Waals surface area contributed by atoms with E-state index in [9.17, 15) is 23.1 Å². The lowest BCUT2D eigenvalue weighted by atomic mass is 9.79. The van der Waals surface area contributed by atoms with Crippen molar-refractivity contribution in [3.8, 4) is 0 Å². The fourth-order valence-electron chi connectivity index (χ4n) is 3.05. The van der Waals surface area contributed by atoms with Crippen LogP contribution in [0.25, 0.3) is 0 Å². The van der Waals surface area contributed by atoms with Crippen LogP contribution in [0.4, 0.5) is 18.9 Å². The van der Waals surface area contributed by atoms with Crippen molar-refractivity contribution >= 4 is 34.9 Å². The highest BCUT2D eigenvalue weighted by atomic mass is 32.2. The highest BCUT2D eigenvalue weighted by Gasteiger charge is 2.51. The van der Waals surface area contributed by atoms with E-state index in [2.05, 4.69) is 4.36 Å². The molecule has 11 heteroatoms. The Balaban J connectivity index is 1.67. The van der Waals surface area contributed by atoms with Crippen LogP contribution in [0, 0.1) is 0 Å². The summed E-state index contributed by atoms with van der Waals surface area (Å²) in [6.45, 7) is 8.18. The number of alkyl halides is 3. The number of hydrogen-bond donors (Lipinski definition) is 1. The maximum Gasteiger partial charge on any atom is 0.494 e. The van der Waals surface area contributed by atoms with Crippen LogP contribution < -0.4 is 10.4 Å². The van der Waals surface area contributed by atoms with Gasteiger partial charge in [-0.25, -0.2) is 0 Å². The first-order valence-electron chi connectivity index (χ1n) is 9.21. The van der Waals surface area contributed by atoms with Gasteiger partial charge in [-0.1, -0.05) is 22.8 Å². The third kappa shape index (κ3) is 4.68. The molecule has 1 amide bonds. The van der Waals surface area contributed by atoms with Gasteiger partial charge in [-0.05, 0) is 45.3 Å². The second kappa shape index (κ2) is 7.68. The summed E-state index contributed by atoms with van der Waals surface area (Å²) in [5, 5.41) is 10.4. The molecule has 2 saturated heterocycles.